The third kappa shape index (κ3) is 3.93. The van der Waals surface area contributed by atoms with Crippen molar-refractivity contribution >= 4 is 0 Å². The summed E-state index contributed by atoms with van der Waals surface area (Å²) >= 11 is 0. The summed E-state index contributed by atoms with van der Waals surface area (Å²) in [5, 5.41) is 0. The van der Waals surface area contributed by atoms with Crippen molar-refractivity contribution < 1.29 is 0 Å². The van der Waals surface area contributed by atoms with E-state index in [4.69, 9.17) is 0 Å². The van der Waals surface area contributed by atoms with Crippen LogP contribution in [-0.2, 0) is 0 Å². The highest BCUT2D eigenvalue weighted by Crippen LogP contribution is 2.21. The number of allylic oxidation sites excluding steroid dienone is 4. The van der Waals surface area contributed by atoms with Crippen LogP contribution in [0.3, 0.4) is 0 Å². The zero-order valence-electron chi connectivity index (χ0n) is 9.21. The van der Waals surface area contributed by atoms with Gasteiger partial charge in [0.1, 0.15) is 0 Å². The molecule has 1 aliphatic heterocycles. The average molecular weight is 191 g/mol. The summed E-state index contributed by atoms with van der Waals surface area (Å²) in [6, 6.07) is 0. The smallest absolute Gasteiger partial charge is 0.000979 e. The summed E-state index contributed by atoms with van der Waals surface area (Å²) in [6.45, 7) is 10.2. The van der Waals surface area contributed by atoms with Crippen molar-refractivity contribution in [3.8, 4) is 0 Å². The standard InChI is InChI=1S/C13H21N/c1-4-5-7-12(2)10-13-8-6-9-14(3)11-13/h4-5,7,13H,1-2,6,8-11H2,3H3/b7-5-. The normalized spacial score (nSPS) is 23.9. The van der Waals surface area contributed by atoms with Crippen molar-refractivity contribution in [1.82, 2.24) is 4.90 Å². The van der Waals surface area contributed by atoms with Gasteiger partial charge in [-0.15, -0.1) is 0 Å². The lowest BCUT2D eigenvalue weighted by Crippen LogP contribution is -2.32. The first-order valence-corrected chi connectivity index (χ1v) is 5.38. The Balaban J connectivity index is 2.32. The van der Waals surface area contributed by atoms with Gasteiger partial charge in [-0.05, 0) is 38.8 Å². The molecule has 14 heavy (non-hydrogen) atoms. The van der Waals surface area contributed by atoms with E-state index < -0.39 is 0 Å². The Bertz CT molecular complexity index is 227. The Morgan fingerprint density at radius 1 is 1.57 bits per heavy atom. The van der Waals surface area contributed by atoms with E-state index in [0.29, 0.717) is 0 Å². The maximum absolute atomic E-state index is 4.06. The first-order valence-electron chi connectivity index (χ1n) is 5.38. The van der Waals surface area contributed by atoms with Gasteiger partial charge in [-0.25, -0.2) is 0 Å². The zero-order chi connectivity index (χ0) is 10.4. The number of hydrogen-bond donors (Lipinski definition) is 0. The molecule has 1 unspecified atom stereocenters. The molecule has 0 aromatic carbocycles. The van der Waals surface area contributed by atoms with Crippen LogP contribution < -0.4 is 0 Å². The van der Waals surface area contributed by atoms with Crippen molar-refractivity contribution in [2.75, 3.05) is 20.1 Å². The van der Waals surface area contributed by atoms with Crippen molar-refractivity contribution in [1.29, 1.82) is 0 Å². The first-order chi connectivity index (χ1) is 6.72. The minimum atomic E-state index is 0.802. The molecule has 0 aliphatic carbocycles. The van der Waals surface area contributed by atoms with Crippen LogP contribution in [0, 0.1) is 5.92 Å². The van der Waals surface area contributed by atoms with Gasteiger partial charge in [-0.2, -0.15) is 0 Å². The summed E-state index contributed by atoms with van der Waals surface area (Å²) < 4.78 is 0. The van der Waals surface area contributed by atoms with Gasteiger partial charge < -0.3 is 4.90 Å². The number of piperidine rings is 1. The molecule has 1 saturated heterocycles. The van der Waals surface area contributed by atoms with Crippen molar-refractivity contribution in [2.45, 2.75) is 19.3 Å². The van der Waals surface area contributed by atoms with Crippen molar-refractivity contribution in [3.63, 3.8) is 0 Å². The lowest BCUT2D eigenvalue weighted by atomic mass is 9.92. The first kappa shape index (κ1) is 11.3. The molecule has 78 valence electrons. The van der Waals surface area contributed by atoms with Gasteiger partial charge in [0.25, 0.3) is 0 Å². The average Bonchev–Trinajstić information content (AvgIpc) is 2.15. The van der Waals surface area contributed by atoms with E-state index in [1.807, 2.05) is 6.08 Å². The second-order valence-corrected chi connectivity index (χ2v) is 4.23. The minimum absolute atomic E-state index is 0.802. The fourth-order valence-electron chi connectivity index (χ4n) is 2.08. The molecule has 1 atom stereocenters. The number of nitrogens with zero attached hydrogens (tertiary/aromatic N) is 1. The molecular formula is C13H21N. The van der Waals surface area contributed by atoms with Gasteiger partial charge >= 0.3 is 0 Å². The van der Waals surface area contributed by atoms with E-state index in [-0.39, 0.29) is 0 Å². The van der Waals surface area contributed by atoms with Gasteiger partial charge in [0.05, 0.1) is 0 Å². The van der Waals surface area contributed by atoms with Gasteiger partial charge in [0.15, 0.2) is 0 Å². The molecule has 1 aliphatic rings. The van der Waals surface area contributed by atoms with Crippen LogP contribution in [0.25, 0.3) is 0 Å². The second-order valence-electron chi connectivity index (χ2n) is 4.23. The SMILES string of the molecule is C=C/C=C\C(=C)CC1CCCN(C)C1. The van der Waals surface area contributed by atoms with E-state index in [2.05, 4.69) is 31.2 Å². The summed E-state index contributed by atoms with van der Waals surface area (Å²) in [5.74, 6) is 0.802. The molecule has 0 amide bonds. The Hall–Kier alpha value is -0.820. The van der Waals surface area contributed by atoms with E-state index >= 15 is 0 Å². The van der Waals surface area contributed by atoms with Gasteiger partial charge in [-0.3, -0.25) is 0 Å². The summed E-state index contributed by atoms with van der Waals surface area (Å²) in [7, 11) is 2.20. The van der Waals surface area contributed by atoms with Crippen LogP contribution in [0.2, 0.25) is 0 Å². The molecule has 0 radical (unpaired) electrons. The molecule has 0 bridgehead atoms. The van der Waals surface area contributed by atoms with E-state index in [1.165, 1.54) is 31.5 Å². The largest absolute Gasteiger partial charge is 0.306 e. The quantitative estimate of drug-likeness (QED) is 0.617. The van der Waals surface area contributed by atoms with Gasteiger partial charge in [-0.1, -0.05) is 37.0 Å². The molecule has 1 fully saturated rings. The van der Waals surface area contributed by atoms with Crippen molar-refractivity contribution in [3.05, 3.63) is 37.0 Å². The highest BCUT2D eigenvalue weighted by molar-refractivity contribution is 5.18. The number of likely N-dealkylation sites (tertiary alicyclic amines) is 1. The highest BCUT2D eigenvalue weighted by Gasteiger charge is 2.16. The maximum atomic E-state index is 4.06. The second kappa shape index (κ2) is 5.82. The van der Waals surface area contributed by atoms with Crippen LogP contribution in [0.15, 0.2) is 37.0 Å². The van der Waals surface area contributed by atoms with E-state index in [9.17, 15) is 0 Å². The molecule has 0 aromatic heterocycles. The van der Waals surface area contributed by atoms with E-state index in [0.717, 1.165) is 12.3 Å². The lowest BCUT2D eigenvalue weighted by molar-refractivity contribution is 0.210. The Morgan fingerprint density at radius 2 is 2.36 bits per heavy atom. The van der Waals surface area contributed by atoms with Crippen LogP contribution in [-0.4, -0.2) is 25.0 Å². The molecular weight excluding hydrogens is 170 g/mol. The highest BCUT2D eigenvalue weighted by atomic mass is 15.1. The molecule has 1 heteroatoms. The van der Waals surface area contributed by atoms with E-state index in [1.54, 1.807) is 6.08 Å². The number of rotatable bonds is 4. The fraction of sp³-hybridized carbons (Fsp3) is 0.538. The Labute approximate surface area is 87.8 Å². The summed E-state index contributed by atoms with van der Waals surface area (Å²) in [5.41, 5.74) is 1.23. The molecule has 0 aromatic rings. The monoisotopic (exact) mass is 191 g/mol. The lowest BCUT2D eigenvalue weighted by Gasteiger charge is -2.29. The van der Waals surface area contributed by atoms with Gasteiger partial charge in [0, 0.05) is 6.54 Å². The molecule has 1 heterocycles. The zero-order valence-corrected chi connectivity index (χ0v) is 9.21. The molecule has 1 nitrogen and oxygen atoms in total. The Morgan fingerprint density at radius 3 is 3.00 bits per heavy atom. The molecule has 1 rings (SSSR count). The minimum Gasteiger partial charge on any atom is -0.306 e. The van der Waals surface area contributed by atoms with Crippen LogP contribution in [0.5, 0.6) is 0 Å². The topological polar surface area (TPSA) is 3.24 Å². The predicted octanol–water partition coefficient (Wildman–Crippen LogP) is 3.02. The van der Waals surface area contributed by atoms with Crippen LogP contribution >= 0.6 is 0 Å². The molecule has 0 saturated carbocycles. The van der Waals surface area contributed by atoms with Gasteiger partial charge in [0.2, 0.25) is 0 Å². The third-order valence-corrected chi connectivity index (χ3v) is 2.74. The fourth-order valence-corrected chi connectivity index (χ4v) is 2.08. The Kier molecular flexibility index (Phi) is 4.68. The van der Waals surface area contributed by atoms with Crippen molar-refractivity contribution in [2.24, 2.45) is 5.92 Å². The third-order valence-electron chi connectivity index (χ3n) is 2.74. The molecule has 0 spiro atoms. The number of hydrogen-bond acceptors (Lipinski definition) is 1. The summed E-state index contributed by atoms with van der Waals surface area (Å²) in [6.07, 6.45) is 9.66. The maximum Gasteiger partial charge on any atom is 0.000979 e. The summed E-state index contributed by atoms with van der Waals surface area (Å²) in [4.78, 5) is 2.42. The molecule has 0 N–H and O–H groups in total. The predicted molar refractivity (Wildman–Crippen MR) is 63.3 cm³/mol. The van der Waals surface area contributed by atoms with Crippen LogP contribution in [0.4, 0.5) is 0 Å². The van der Waals surface area contributed by atoms with Crippen LogP contribution in [0.1, 0.15) is 19.3 Å².